The molecule has 0 unspecified atom stereocenters. The summed E-state index contributed by atoms with van der Waals surface area (Å²) in [5.74, 6) is 0. The maximum atomic E-state index is 2.21. The number of hydrogen-bond acceptors (Lipinski definition) is 0. The number of hydrogen-bond donors (Lipinski definition) is 0. The highest BCUT2D eigenvalue weighted by Crippen LogP contribution is 2.15. The van der Waals surface area contributed by atoms with E-state index in [0.29, 0.717) is 0 Å². The standard InChI is InChI=1S/C16H22/c1-13-10-14(2)12-15(11-13)8-6-7-9-16(3,4)5/h6-12H,1-5H3. The van der Waals surface area contributed by atoms with E-state index in [1.54, 1.807) is 0 Å². The van der Waals surface area contributed by atoms with Gasteiger partial charge in [-0.05, 0) is 24.8 Å². The van der Waals surface area contributed by atoms with Crippen LogP contribution in [0.3, 0.4) is 0 Å². The van der Waals surface area contributed by atoms with Gasteiger partial charge in [-0.2, -0.15) is 0 Å². The van der Waals surface area contributed by atoms with Gasteiger partial charge in [0, 0.05) is 0 Å². The summed E-state index contributed by atoms with van der Waals surface area (Å²) < 4.78 is 0. The van der Waals surface area contributed by atoms with E-state index >= 15 is 0 Å². The van der Waals surface area contributed by atoms with Gasteiger partial charge in [0.1, 0.15) is 0 Å². The molecule has 86 valence electrons. The Morgan fingerprint density at radius 1 is 0.875 bits per heavy atom. The van der Waals surface area contributed by atoms with Gasteiger partial charge in [-0.1, -0.05) is 74.4 Å². The van der Waals surface area contributed by atoms with Crippen LogP contribution in [0, 0.1) is 19.3 Å². The van der Waals surface area contributed by atoms with Gasteiger partial charge in [0.2, 0.25) is 0 Å². The lowest BCUT2D eigenvalue weighted by atomic mass is 9.96. The molecule has 0 aliphatic carbocycles. The lowest BCUT2D eigenvalue weighted by molar-refractivity contribution is 0.544. The van der Waals surface area contributed by atoms with E-state index in [0.717, 1.165) is 0 Å². The highest BCUT2D eigenvalue weighted by atomic mass is 14.1. The summed E-state index contributed by atoms with van der Waals surface area (Å²) in [6.45, 7) is 10.9. The van der Waals surface area contributed by atoms with E-state index in [-0.39, 0.29) is 5.41 Å². The molecule has 0 amide bonds. The van der Waals surface area contributed by atoms with Crippen LogP contribution in [0.2, 0.25) is 0 Å². The fraction of sp³-hybridized carbons (Fsp3) is 0.375. The summed E-state index contributed by atoms with van der Waals surface area (Å²) in [5.41, 5.74) is 4.17. The van der Waals surface area contributed by atoms with Gasteiger partial charge in [-0.15, -0.1) is 0 Å². The van der Waals surface area contributed by atoms with Crippen LogP contribution in [0.25, 0.3) is 6.08 Å². The second-order valence-corrected chi connectivity index (χ2v) is 5.51. The quantitative estimate of drug-likeness (QED) is 0.613. The average Bonchev–Trinajstić information content (AvgIpc) is 2.09. The van der Waals surface area contributed by atoms with Crippen LogP contribution < -0.4 is 0 Å². The topological polar surface area (TPSA) is 0 Å². The molecule has 0 aliphatic heterocycles. The molecule has 0 radical (unpaired) electrons. The van der Waals surface area contributed by atoms with Crippen molar-refractivity contribution >= 4 is 6.08 Å². The Hall–Kier alpha value is -1.30. The summed E-state index contributed by atoms with van der Waals surface area (Å²) in [7, 11) is 0. The Kier molecular flexibility index (Phi) is 4.12. The Bertz CT molecular complexity index is 380. The van der Waals surface area contributed by atoms with Crippen LogP contribution in [0.1, 0.15) is 37.5 Å². The van der Waals surface area contributed by atoms with Crippen molar-refractivity contribution in [3.05, 3.63) is 53.1 Å². The van der Waals surface area contributed by atoms with Crippen molar-refractivity contribution in [1.82, 2.24) is 0 Å². The van der Waals surface area contributed by atoms with Gasteiger partial charge in [-0.25, -0.2) is 0 Å². The number of rotatable bonds is 2. The third-order valence-corrected chi connectivity index (χ3v) is 2.24. The molecule has 1 aromatic carbocycles. The van der Waals surface area contributed by atoms with Crippen LogP contribution in [-0.2, 0) is 0 Å². The van der Waals surface area contributed by atoms with Gasteiger partial charge in [-0.3, -0.25) is 0 Å². The van der Waals surface area contributed by atoms with Crippen LogP contribution in [0.15, 0.2) is 36.4 Å². The molecule has 0 saturated heterocycles. The van der Waals surface area contributed by atoms with Crippen molar-refractivity contribution < 1.29 is 0 Å². The first kappa shape index (κ1) is 12.8. The molecule has 0 aromatic heterocycles. The largest absolute Gasteiger partial charge is 0.0791 e. The molecule has 0 saturated carbocycles. The zero-order valence-electron chi connectivity index (χ0n) is 11.0. The first-order valence-electron chi connectivity index (χ1n) is 5.81. The summed E-state index contributed by atoms with van der Waals surface area (Å²) in [5, 5.41) is 0. The van der Waals surface area contributed by atoms with Crippen LogP contribution >= 0.6 is 0 Å². The predicted octanol–water partition coefficient (Wildman–Crippen LogP) is 4.92. The SMILES string of the molecule is Cc1cc(C)cc(C=CC=CC(C)(C)C)c1. The van der Waals surface area contributed by atoms with Crippen molar-refractivity contribution in [2.24, 2.45) is 5.41 Å². The van der Waals surface area contributed by atoms with E-state index in [4.69, 9.17) is 0 Å². The maximum Gasteiger partial charge on any atom is -0.0200 e. The lowest BCUT2D eigenvalue weighted by Gasteiger charge is -2.09. The van der Waals surface area contributed by atoms with Gasteiger partial charge < -0.3 is 0 Å². The molecule has 16 heavy (non-hydrogen) atoms. The fourth-order valence-electron chi connectivity index (χ4n) is 1.62. The van der Waals surface area contributed by atoms with Crippen molar-refractivity contribution in [3.63, 3.8) is 0 Å². The minimum Gasteiger partial charge on any atom is -0.0791 e. The van der Waals surface area contributed by atoms with E-state index < -0.39 is 0 Å². The Balaban J connectivity index is 2.73. The molecule has 1 aromatic rings. The second kappa shape index (κ2) is 5.16. The van der Waals surface area contributed by atoms with E-state index in [1.807, 2.05) is 0 Å². The maximum absolute atomic E-state index is 2.21. The third kappa shape index (κ3) is 4.97. The molecule has 1 rings (SSSR count). The molecule has 0 fully saturated rings. The lowest BCUT2D eigenvalue weighted by Crippen LogP contribution is -1.97. The van der Waals surface area contributed by atoms with Crippen LogP contribution in [0.5, 0.6) is 0 Å². The summed E-state index contributed by atoms with van der Waals surface area (Å²) in [6, 6.07) is 6.60. The number of aryl methyl sites for hydroxylation is 2. The first-order chi connectivity index (χ1) is 7.37. The van der Waals surface area contributed by atoms with Gasteiger partial charge in [0.05, 0.1) is 0 Å². The predicted molar refractivity (Wildman–Crippen MR) is 73.5 cm³/mol. The molecule has 0 heteroatoms. The Morgan fingerprint density at radius 3 is 1.94 bits per heavy atom. The Morgan fingerprint density at radius 2 is 1.44 bits per heavy atom. The van der Waals surface area contributed by atoms with E-state index in [2.05, 4.69) is 77.1 Å². The monoisotopic (exact) mass is 214 g/mol. The van der Waals surface area contributed by atoms with Gasteiger partial charge in [0.25, 0.3) is 0 Å². The molecule has 0 N–H and O–H groups in total. The summed E-state index contributed by atoms with van der Waals surface area (Å²) >= 11 is 0. The normalized spacial score (nSPS) is 12.8. The highest BCUT2D eigenvalue weighted by Gasteiger charge is 2.01. The zero-order chi connectivity index (χ0) is 12.2. The molecule has 0 bridgehead atoms. The van der Waals surface area contributed by atoms with Crippen molar-refractivity contribution in [1.29, 1.82) is 0 Å². The highest BCUT2D eigenvalue weighted by molar-refractivity contribution is 5.53. The number of allylic oxidation sites excluding steroid dienone is 3. The minimum absolute atomic E-state index is 0.257. The molecule has 0 aliphatic rings. The zero-order valence-corrected chi connectivity index (χ0v) is 11.0. The minimum atomic E-state index is 0.257. The van der Waals surface area contributed by atoms with Crippen molar-refractivity contribution in [2.45, 2.75) is 34.6 Å². The van der Waals surface area contributed by atoms with Crippen LogP contribution in [0.4, 0.5) is 0 Å². The molecule has 0 atom stereocenters. The van der Waals surface area contributed by atoms with Gasteiger partial charge >= 0.3 is 0 Å². The van der Waals surface area contributed by atoms with E-state index in [9.17, 15) is 0 Å². The smallest absolute Gasteiger partial charge is 0.0200 e. The molecular weight excluding hydrogens is 192 g/mol. The molecule has 0 nitrogen and oxygen atoms in total. The van der Waals surface area contributed by atoms with Crippen LogP contribution in [-0.4, -0.2) is 0 Å². The van der Waals surface area contributed by atoms with Crippen molar-refractivity contribution in [3.8, 4) is 0 Å². The third-order valence-electron chi connectivity index (χ3n) is 2.24. The fourth-order valence-corrected chi connectivity index (χ4v) is 1.62. The summed E-state index contributed by atoms with van der Waals surface area (Å²) in [6.07, 6.45) is 8.60. The summed E-state index contributed by atoms with van der Waals surface area (Å²) in [4.78, 5) is 0. The number of benzene rings is 1. The van der Waals surface area contributed by atoms with E-state index in [1.165, 1.54) is 16.7 Å². The second-order valence-electron chi connectivity index (χ2n) is 5.51. The molecule has 0 heterocycles. The molecular formula is C16H22. The Labute approximate surface area is 99.7 Å². The van der Waals surface area contributed by atoms with Gasteiger partial charge in [0.15, 0.2) is 0 Å². The van der Waals surface area contributed by atoms with Crippen molar-refractivity contribution in [2.75, 3.05) is 0 Å². The average molecular weight is 214 g/mol. The first-order valence-corrected chi connectivity index (χ1v) is 5.81. The molecule has 0 spiro atoms.